The van der Waals surface area contributed by atoms with E-state index in [9.17, 15) is 33.2 Å². The Bertz CT molecular complexity index is 1040. The van der Waals surface area contributed by atoms with Crippen LogP contribution in [0.3, 0.4) is 0 Å². The second kappa shape index (κ2) is 8.42. The number of aromatic nitrogens is 1. The van der Waals surface area contributed by atoms with Gasteiger partial charge >= 0.3 is 0 Å². The summed E-state index contributed by atoms with van der Waals surface area (Å²) in [5.74, 6) is -0.568. The van der Waals surface area contributed by atoms with Gasteiger partial charge in [-0.15, -0.1) is 0 Å². The van der Waals surface area contributed by atoms with Gasteiger partial charge in [0.15, 0.2) is 5.78 Å². The van der Waals surface area contributed by atoms with E-state index in [0.29, 0.717) is 0 Å². The molecular formula is C17H19N3O7S. The van der Waals surface area contributed by atoms with Gasteiger partial charge in [0.2, 0.25) is 15.6 Å². The van der Waals surface area contributed by atoms with E-state index in [1.165, 1.54) is 36.9 Å². The normalized spacial score (nSPS) is 12.7. The number of aliphatic hydroxyl groups is 1. The smallest absolute Gasteiger partial charge is 0.269 e. The molecule has 1 atom stereocenters. The molecule has 11 heteroatoms. The lowest BCUT2D eigenvalue weighted by Gasteiger charge is -2.23. The summed E-state index contributed by atoms with van der Waals surface area (Å²) in [6, 6.07) is 6.71. The van der Waals surface area contributed by atoms with Gasteiger partial charge in [0.25, 0.3) is 5.69 Å². The molecule has 10 nitrogen and oxygen atoms in total. The summed E-state index contributed by atoms with van der Waals surface area (Å²) in [5.41, 5.74) is -0.463. The maximum absolute atomic E-state index is 12.9. The monoisotopic (exact) mass is 409 g/mol. The molecule has 0 aliphatic rings. The standard InChI is InChI=1S/C17H19N3O7S/c1-12(21)9-19(11-16(22)13-3-8-17(23)18(2)10-13)28(26,27)15-6-4-14(5-7-15)20(24)25/h3-8,10,12,21H,9,11H2,1-2H3/t12-/m1/s1. The molecule has 0 radical (unpaired) electrons. The van der Waals surface area contributed by atoms with Crippen LogP contribution in [0.2, 0.25) is 0 Å². The number of benzene rings is 1. The van der Waals surface area contributed by atoms with Crippen molar-refractivity contribution in [1.82, 2.24) is 8.87 Å². The first-order valence-electron chi connectivity index (χ1n) is 8.15. The van der Waals surface area contributed by atoms with Crippen molar-refractivity contribution in [2.24, 2.45) is 7.05 Å². The van der Waals surface area contributed by atoms with E-state index >= 15 is 0 Å². The summed E-state index contributed by atoms with van der Waals surface area (Å²) >= 11 is 0. The van der Waals surface area contributed by atoms with Gasteiger partial charge in [-0.1, -0.05) is 0 Å². The van der Waals surface area contributed by atoms with Crippen LogP contribution in [0.4, 0.5) is 5.69 Å². The van der Waals surface area contributed by atoms with Crippen molar-refractivity contribution in [3.05, 3.63) is 68.6 Å². The van der Waals surface area contributed by atoms with E-state index in [1.54, 1.807) is 0 Å². The van der Waals surface area contributed by atoms with Gasteiger partial charge in [-0.2, -0.15) is 4.31 Å². The number of nitro groups is 1. The van der Waals surface area contributed by atoms with Crippen molar-refractivity contribution in [1.29, 1.82) is 0 Å². The first kappa shape index (κ1) is 21.4. The Morgan fingerprint density at radius 1 is 1.25 bits per heavy atom. The molecule has 150 valence electrons. The number of rotatable bonds is 8. The lowest BCUT2D eigenvalue weighted by Crippen LogP contribution is -2.40. The third-order valence-electron chi connectivity index (χ3n) is 3.88. The maximum Gasteiger partial charge on any atom is 0.269 e. The lowest BCUT2D eigenvalue weighted by molar-refractivity contribution is -0.384. The molecule has 0 aliphatic heterocycles. The molecule has 0 amide bonds. The minimum absolute atomic E-state index is 0.136. The first-order valence-corrected chi connectivity index (χ1v) is 9.59. The van der Waals surface area contributed by atoms with Crippen LogP contribution in [0, 0.1) is 10.1 Å². The predicted octanol–water partition coefficient (Wildman–Crippen LogP) is 0.548. The number of aliphatic hydroxyl groups excluding tert-OH is 1. The van der Waals surface area contributed by atoms with Crippen molar-refractivity contribution in [2.75, 3.05) is 13.1 Å². The minimum atomic E-state index is -4.20. The van der Waals surface area contributed by atoms with Crippen LogP contribution in [-0.4, -0.2) is 52.3 Å². The van der Waals surface area contributed by atoms with Gasteiger partial charge in [0.1, 0.15) is 0 Å². The summed E-state index contributed by atoms with van der Waals surface area (Å²) in [6.45, 7) is 0.453. The third kappa shape index (κ3) is 4.88. The molecule has 1 heterocycles. The quantitative estimate of drug-likeness (QED) is 0.381. The molecule has 2 rings (SSSR count). The number of hydrogen-bond acceptors (Lipinski definition) is 7. The number of non-ortho nitro benzene ring substituents is 1. The van der Waals surface area contributed by atoms with Gasteiger partial charge in [-0.3, -0.25) is 19.7 Å². The Morgan fingerprint density at radius 2 is 1.86 bits per heavy atom. The van der Waals surface area contributed by atoms with E-state index in [0.717, 1.165) is 28.6 Å². The number of nitro benzene ring substituents is 1. The summed E-state index contributed by atoms with van der Waals surface area (Å²) in [7, 11) is -2.74. The number of pyridine rings is 1. The summed E-state index contributed by atoms with van der Waals surface area (Å²) < 4.78 is 27.7. The summed E-state index contributed by atoms with van der Waals surface area (Å²) in [4.78, 5) is 33.8. The van der Waals surface area contributed by atoms with Crippen molar-refractivity contribution < 1.29 is 23.2 Å². The molecule has 0 bridgehead atoms. The second-order valence-corrected chi connectivity index (χ2v) is 8.13. The van der Waals surface area contributed by atoms with Crippen LogP contribution in [0.15, 0.2) is 52.3 Å². The molecular weight excluding hydrogens is 390 g/mol. The van der Waals surface area contributed by atoms with Crippen LogP contribution in [0.25, 0.3) is 0 Å². The summed E-state index contributed by atoms with van der Waals surface area (Å²) in [6.07, 6.45) is 0.240. The fraction of sp³-hybridized carbons (Fsp3) is 0.294. The highest BCUT2D eigenvalue weighted by atomic mass is 32.2. The van der Waals surface area contributed by atoms with Gasteiger partial charge in [0, 0.05) is 43.6 Å². The van der Waals surface area contributed by atoms with Crippen LogP contribution < -0.4 is 5.56 Å². The molecule has 1 N–H and O–H groups in total. The number of carbonyl (C=O) groups excluding carboxylic acids is 1. The largest absolute Gasteiger partial charge is 0.392 e. The molecule has 28 heavy (non-hydrogen) atoms. The fourth-order valence-electron chi connectivity index (χ4n) is 2.44. The number of aryl methyl sites for hydroxylation is 1. The van der Waals surface area contributed by atoms with Gasteiger partial charge in [-0.05, 0) is 25.1 Å². The highest BCUT2D eigenvalue weighted by Crippen LogP contribution is 2.20. The molecule has 0 spiro atoms. The van der Waals surface area contributed by atoms with Crippen molar-refractivity contribution in [2.45, 2.75) is 17.9 Å². The Balaban J connectivity index is 2.35. The number of hydrogen-bond donors (Lipinski definition) is 1. The zero-order valence-electron chi connectivity index (χ0n) is 15.2. The molecule has 0 aliphatic carbocycles. The Labute approximate surface area is 160 Å². The van der Waals surface area contributed by atoms with Crippen molar-refractivity contribution >= 4 is 21.5 Å². The Kier molecular flexibility index (Phi) is 6.44. The van der Waals surface area contributed by atoms with Crippen molar-refractivity contribution in [3.8, 4) is 0 Å². The first-order chi connectivity index (χ1) is 13.0. The van der Waals surface area contributed by atoms with Gasteiger partial charge in [0.05, 0.1) is 22.5 Å². The number of Topliss-reactive ketones (excluding diaryl/α,β-unsaturated/α-hetero) is 1. The Hall–Kier alpha value is -2.89. The highest BCUT2D eigenvalue weighted by molar-refractivity contribution is 7.89. The van der Waals surface area contributed by atoms with E-state index in [1.807, 2.05) is 0 Å². The number of sulfonamides is 1. The molecule has 0 fully saturated rings. The minimum Gasteiger partial charge on any atom is -0.392 e. The molecule has 2 aromatic rings. The third-order valence-corrected chi connectivity index (χ3v) is 5.71. The van der Waals surface area contributed by atoms with Gasteiger partial charge in [-0.25, -0.2) is 8.42 Å². The number of ketones is 1. The zero-order chi connectivity index (χ0) is 21.1. The molecule has 0 saturated heterocycles. The van der Waals surface area contributed by atoms with Crippen LogP contribution in [-0.2, 0) is 17.1 Å². The molecule has 1 aromatic carbocycles. The number of carbonyl (C=O) groups is 1. The van der Waals surface area contributed by atoms with Gasteiger partial charge < -0.3 is 9.67 Å². The van der Waals surface area contributed by atoms with E-state index in [-0.39, 0.29) is 28.3 Å². The maximum atomic E-state index is 12.9. The average molecular weight is 409 g/mol. The average Bonchev–Trinajstić information content (AvgIpc) is 2.63. The van der Waals surface area contributed by atoms with E-state index in [4.69, 9.17) is 0 Å². The molecule has 1 aromatic heterocycles. The summed E-state index contributed by atoms with van der Waals surface area (Å²) in [5, 5.41) is 20.4. The molecule has 0 saturated carbocycles. The van der Waals surface area contributed by atoms with E-state index < -0.39 is 33.4 Å². The fourth-order valence-corrected chi connectivity index (χ4v) is 3.92. The lowest BCUT2D eigenvalue weighted by atomic mass is 10.2. The molecule has 0 unspecified atom stereocenters. The highest BCUT2D eigenvalue weighted by Gasteiger charge is 2.28. The van der Waals surface area contributed by atoms with Crippen LogP contribution >= 0.6 is 0 Å². The topological polar surface area (TPSA) is 140 Å². The number of nitrogens with zero attached hydrogens (tertiary/aromatic N) is 3. The van der Waals surface area contributed by atoms with E-state index in [2.05, 4.69) is 0 Å². The zero-order valence-corrected chi connectivity index (χ0v) is 16.0. The van der Waals surface area contributed by atoms with Crippen molar-refractivity contribution in [3.63, 3.8) is 0 Å². The van der Waals surface area contributed by atoms with Crippen LogP contribution in [0.1, 0.15) is 17.3 Å². The van der Waals surface area contributed by atoms with Crippen LogP contribution in [0.5, 0.6) is 0 Å². The predicted molar refractivity (Wildman–Crippen MR) is 99.5 cm³/mol. The second-order valence-electron chi connectivity index (χ2n) is 6.19. The SMILES string of the molecule is C[C@@H](O)CN(CC(=O)c1ccc(=O)n(C)c1)S(=O)(=O)c1ccc([N+](=O)[O-])cc1. The Morgan fingerprint density at radius 3 is 2.36 bits per heavy atom.